The second-order valence-corrected chi connectivity index (χ2v) is 5.11. The largest absolute Gasteiger partial charge is 0.435 e. The SMILES string of the molecule is Fc1ccc(-c2cnc3nc(C(F)(F)F)cnn23)cc1-n1cccn1. The molecule has 0 spiro atoms. The smallest absolute Gasteiger partial charge is 0.238 e. The van der Waals surface area contributed by atoms with Crippen LogP contribution in [0, 0.1) is 5.82 Å². The normalized spacial score (nSPS) is 12.0. The fourth-order valence-electron chi connectivity index (χ4n) is 2.37. The van der Waals surface area contributed by atoms with Gasteiger partial charge in [0, 0.05) is 18.0 Å². The number of imidazole rings is 1. The molecule has 1 aromatic carbocycles. The summed E-state index contributed by atoms with van der Waals surface area (Å²) < 4.78 is 54.7. The molecule has 4 aromatic rings. The highest BCUT2D eigenvalue weighted by Gasteiger charge is 2.33. The molecule has 6 nitrogen and oxygen atoms in total. The number of rotatable bonds is 2. The summed E-state index contributed by atoms with van der Waals surface area (Å²) in [6, 6.07) is 5.87. The van der Waals surface area contributed by atoms with Gasteiger partial charge in [0.25, 0.3) is 5.78 Å². The van der Waals surface area contributed by atoms with Crippen molar-refractivity contribution in [3.8, 4) is 16.9 Å². The molecular formula is C15H8F4N6. The van der Waals surface area contributed by atoms with Crippen molar-refractivity contribution in [3.05, 3.63) is 60.6 Å². The quantitative estimate of drug-likeness (QED) is 0.522. The fraction of sp³-hybridized carbons (Fsp3) is 0.0667. The van der Waals surface area contributed by atoms with Crippen molar-refractivity contribution in [1.29, 1.82) is 0 Å². The number of benzene rings is 1. The summed E-state index contributed by atoms with van der Waals surface area (Å²) in [5.74, 6) is -0.693. The minimum atomic E-state index is -4.61. The highest BCUT2D eigenvalue weighted by Crippen LogP contribution is 2.28. The molecule has 0 fully saturated rings. The van der Waals surface area contributed by atoms with Gasteiger partial charge in [0.1, 0.15) is 11.5 Å². The molecule has 0 aliphatic carbocycles. The number of hydrogen-bond acceptors (Lipinski definition) is 4. The van der Waals surface area contributed by atoms with Gasteiger partial charge in [0.2, 0.25) is 0 Å². The van der Waals surface area contributed by atoms with Crippen LogP contribution >= 0.6 is 0 Å². The summed E-state index contributed by atoms with van der Waals surface area (Å²) in [7, 11) is 0. The Morgan fingerprint density at radius 3 is 2.60 bits per heavy atom. The van der Waals surface area contributed by atoms with Crippen LogP contribution in [0.4, 0.5) is 17.6 Å². The third kappa shape index (κ3) is 2.61. The van der Waals surface area contributed by atoms with Crippen molar-refractivity contribution in [1.82, 2.24) is 29.4 Å². The van der Waals surface area contributed by atoms with Gasteiger partial charge in [-0.25, -0.2) is 19.0 Å². The Hall–Kier alpha value is -3.30. The molecule has 0 radical (unpaired) electrons. The Morgan fingerprint density at radius 1 is 1.04 bits per heavy atom. The Morgan fingerprint density at radius 2 is 1.88 bits per heavy atom. The molecule has 126 valence electrons. The molecule has 3 aromatic heterocycles. The molecule has 0 atom stereocenters. The van der Waals surface area contributed by atoms with Gasteiger partial charge >= 0.3 is 6.18 Å². The predicted molar refractivity (Wildman–Crippen MR) is 78.3 cm³/mol. The lowest BCUT2D eigenvalue weighted by molar-refractivity contribution is -0.141. The van der Waals surface area contributed by atoms with Crippen LogP contribution in [0.15, 0.2) is 49.1 Å². The van der Waals surface area contributed by atoms with E-state index in [-0.39, 0.29) is 11.5 Å². The summed E-state index contributed by atoms with van der Waals surface area (Å²) in [5.41, 5.74) is -0.0519. The van der Waals surface area contributed by atoms with Gasteiger partial charge in [0.15, 0.2) is 5.69 Å². The number of fused-ring (bicyclic) bond motifs is 1. The molecule has 0 amide bonds. The Labute approximate surface area is 137 Å². The third-order valence-electron chi connectivity index (χ3n) is 3.52. The lowest BCUT2D eigenvalue weighted by Crippen LogP contribution is -2.11. The van der Waals surface area contributed by atoms with E-state index in [0.29, 0.717) is 17.5 Å². The van der Waals surface area contributed by atoms with Crippen LogP contribution < -0.4 is 0 Å². The molecule has 25 heavy (non-hydrogen) atoms. The first-order chi connectivity index (χ1) is 11.9. The van der Waals surface area contributed by atoms with Crippen LogP contribution in [-0.4, -0.2) is 29.4 Å². The average Bonchev–Trinajstić information content (AvgIpc) is 3.23. The van der Waals surface area contributed by atoms with Crippen molar-refractivity contribution >= 4 is 5.78 Å². The molecule has 0 saturated carbocycles. The molecule has 0 bridgehead atoms. The minimum absolute atomic E-state index is 0.192. The first-order valence-electron chi connectivity index (χ1n) is 7.01. The van der Waals surface area contributed by atoms with Crippen LogP contribution in [0.5, 0.6) is 0 Å². The van der Waals surface area contributed by atoms with Gasteiger partial charge < -0.3 is 0 Å². The van der Waals surface area contributed by atoms with Crippen LogP contribution in [0.25, 0.3) is 22.7 Å². The van der Waals surface area contributed by atoms with Crippen LogP contribution in [-0.2, 0) is 6.18 Å². The second kappa shape index (κ2) is 5.36. The number of halogens is 4. The van der Waals surface area contributed by atoms with E-state index < -0.39 is 17.7 Å². The summed E-state index contributed by atoms with van der Waals surface area (Å²) in [6.07, 6.45) is 0.423. The van der Waals surface area contributed by atoms with E-state index in [4.69, 9.17) is 0 Å². The van der Waals surface area contributed by atoms with E-state index in [1.807, 2.05) is 0 Å². The summed E-state index contributed by atoms with van der Waals surface area (Å²) in [5, 5.41) is 7.73. The molecule has 3 heterocycles. The minimum Gasteiger partial charge on any atom is -0.238 e. The lowest BCUT2D eigenvalue weighted by atomic mass is 10.1. The Bertz CT molecular complexity index is 1050. The van der Waals surface area contributed by atoms with Gasteiger partial charge in [-0.1, -0.05) is 0 Å². The summed E-state index contributed by atoms with van der Waals surface area (Å²) >= 11 is 0. The summed E-state index contributed by atoms with van der Waals surface area (Å²) in [6.45, 7) is 0. The van der Waals surface area contributed by atoms with E-state index in [0.717, 1.165) is 4.52 Å². The molecular weight excluding hydrogens is 340 g/mol. The standard InChI is InChI=1S/C15H8F4N6/c16-10-3-2-9(6-11(10)24-5-1-4-21-24)12-7-20-14-23-13(15(17,18)19)8-22-25(12)14/h1-8H. The topological polar surface area (TPSA) is 60.9 Å². The van der Waals surface area contributed by atoms with E-state index in [1.54, 1.807) is 12.3 Å². The van der Waals surface area contributed by atoms with Crippen LogP contribution in [0.2, 0.25) is 0 Å². The number of hydrogen-bond donors (Lipinski definition) is 0. The number of nitrogens with zero attached hydrogens (tertiary/aromatic N) is 6. The van der Waals surface area contributed by atoms with Crippen molar-refractivity contribution in [3.63, 3.8) is 0 Å². The molecule has 0 aliphatic heterocycles. The summed E-state index contributed by atoms with van der Waals surface area (Å²) in [4.78, 5) is 7.31. The van der Waals surface area contributed by atoms with Crippen molar-refractivity contribution in [2.75, 3.05) is 0 Å². The zero-order chi connectivity index (χ0) is 17.6. The molecule has 0 saturated heterocycles. The monoisotopic (exact) mass is 348 g/mol. The average molecular weight is 348 g/mol. The van der Waals surface area contributed by atoms with Gasteiger partial charge in [-0.2, -0.15) is 27.9 Å². The van der Waals surface area contributed by atoms with E-state index in [9.17, 15) is 17.6 Å². The highest BCUT2D eigenvalue weighted by molar-refractivity contribution is 5.64. The molecule has 4 rings (SSSR count). The maximum atomic E-state index is 14.0. The molecule has 0 N–H and O–H groups in total. The number of alkyl halides is 3. The fourth-order valence-corrected chi connectivity index (χ4v) is 2.37. The maximum Gasteiger partial charge on any atom is 0.435 e. The highest BCUT2D eigenvalue weighted by atomic mass is 19.4. The first kappa shape index (κ1) is 15.2. The van der Waals surface area contributed by atoms with E-state index in [2.05, 4.69) is 20.2 Å². The van der Waals surface area contributed by atoms with Crippen LogP contribution in [0.3, 0.4) is 0 Å². The molecule has 10 heteroatoms. The van der Waals surface area contributed by atoms with Crippen molar-refractivity contribution < 1.29 is 17.6 Å². The maximum absolute atomic E-state index is 14.0. The van der Waals surface area contributed by atoms with E-state index >= 15 is 0 Å². The second-order valence-electron chi connectivity index (χ2n) is 5.11. The number of aromatic nitrogens is 6. The van der Waals surface area contributed by atoms with Gasteiger partial charge in [-0.3, -0.25) is 0 Å². The Kier molecular flexibility index (Phi) is 3.27. The van der Waals surface area contributed by atoms with Gasteiger partial charge in [-0.05, 0) is 24.3 Å². The zero-order valence-corrected chi connectivity index (χ0v) is 12.3. The van der Waals surface area contributed by atoms with Crippen molar-refractivity contribution in [2.24, 2.45) is 0 Å². The zero-order valence-electron chi connectivity index (χ0n) is 12.3. The van der Waals surface area contributed by atoms with Crippen LogP contribution in [0.1, 0.15) is 5.69 Å². The first-order valence-corrected chi connectivity index (χ1v) is 7.01. The predicted octanol–water partition coefficient (Wildman–Crippen LogP) is 3.13. The van der Waals surface area contributed by atoms with Gasteiger partial charge in [-0.15, -0.1) is 0 Å². The molecule has 0 unspecified atom stereocenters. The Balaban J connectivity index is 1.84. The molecule has 0 aliphatic rings. The van der Waals surface area contributed by atoms with Crippen molar-refractivity contribution in [2.45, 2.75) is 6.18 Å². The lowest BCUT2D eigenvalue weighted by Gasteiger charge is -2.07. The third-order valence-corrected chi connectivity index (χ3v) is 3.52. The van der Waals surface area contributed by atoms with E-state index in [1.165, 1.54) is 35.3 Å². The van der Waals surface area contributed by atoms with Gasteiger partial charge in [0.05, 0.1) is 18.1 Å².